The van der Waals surface area contributed by atoms with E-state index < -0.39 is 0 Å². The largest absolute Gasteiger partial charge is 0.756 e. The quantitative estimate of drug-likeness (QED) is 0.696. The topological polar surface area (TPSA) is 50.8 Å². The fourth-order valence-electron chi connectivity index (χ4n) is 1.24. The van der Waals surface area contributed by atoms with Crippen LogP contribution in [0.1, 0.15) is 33.6 Å². The Bertz CT molecular complexity index is 164. The van der Waals surface area contributed by atoms with Crippen molar-refractivity contribution >= 4 is 0 Å². The van der Waals surface area contributed by atoms with E-state index in [1.54, 1.807) is 5.01 Å². The Morgan fingerprint density at radius 2 is 1.93 bits per heavy atom. The molecule has 0 spiro atoms. The first-order valence-corrected chi connectivity index (χ1v) is 5.08. The molecule has 1 rings (SSSR count). The van der Waals surface area contributed by atoms with Gasteiger partial charge in [0, 0.05) is 13.1 Å². The van der Waals surface area contributed by atoms with Crippen LogP contribution in [0, 0.1) is 10.6 Å². The first-order valence-electron chi connectivity index (χ1n) is 5.08. The molecule has 14 heavy (non-hydrogen) atoms. The smallest absolute Gasteiger partial charge is 0.0747 e. The van der Waals surface area contributed by atoms with E-state index in [1.807, 2.05) is 0 Å². The lowest BCUT2D eigenvalue weighted by Gasteiger charge is -2.36. The number of hydrogen-bond acceptors (Lipinski definition) is 5. The first-order chi connectivity index (χ1) is 6.49. The molecule has 1 fully saturated rings. The molecule has 1 heterocycles. The Hall–Kier alpha value is -0.200. The van der Waals surface area contributed by atoms with E-state index in [0.29, 0.717) is 11.9 Å². The van der Waals surface area contributed by atoms with Crippen LogP contribution in [0.15, 0.2) is 0 Å². The van der Waals surface area contributed by atoms with Crippen LogP contribution < -0.4 is 5.59 Å². The highest BCUT2D eigenvalue weighted by Gasteiger charge is 2.14. The minimum Gasteiger partial charge on any atom is -0.756 e. The van der Waals surface area contributed by atoms with Crippen LogP contribution in [-0.4, -0.2) is 30.0 Å². The molecule has 0 aliphatic carbocycles. The first kappa shape index (κ1) is 11.9. The summed E-state index contributed by atoms with van der Waals surface area (Å²) in [6.07, 6.45) is 2.17. The van der Waals surface area contributed by atoms with Gasteiger partial charge in [-0.25, -0.2) is 10.3 Å². The van der Waals surface area contributed by atoms with E-state index in [4.69, 9.17) is 4.84 Å². The molecule has 0 amide bonds. The molecule has 0 unspecified atom stereocenters. The molecular weight excluding hydrogens is 182 g/mol. The van der Waals surface area contributed by atoms with E-state index >= 15 is 0 Å². The van der Waals surface area contributed by atoms with Crippen LogP contribution in [0.2, 0.25) is 0 Å². The molecule has 1 aliphatic rings. The fourth-order valence-corrected chi connectivity index (χ4v) is 1.24. The summed E-state index contributed by atoms with van der Waals surface area (Å²) in [6, 6.07) is 0. The Labute approximate surface area is 85.5 Å². The minimum atomic E-state index is 0.0683. The maximum absolute atomic E-state index is 11.3. The summed E-state index contributed by atoms with van der Waals surface area (Å²) in [5.41, 5.74) is 2.45. The summed E-state index contributed by atoms with van der Waals surface area (Å²) in [5.74, 6) is 0. The highest BCUT2D eigenvalue weighted by Crippen LogP contribution is 2.12. The molecule has 0 aromatic carbocycles. The number of hydrogen-bond donors (Lipinski definition) is 1. The third-order valence-electron chi connectivity index (χ3n) is 1.99. The number of nitrogens with zero attached hydrogens (tertiary/aromatic N) is 2. The van der Waals surface area contributed by atoms with Crippen LogP contribution in [-0.2, 0) is 4.84 Å². The Kier molecular flexibility index (Phi) is 4.28. The number of hydrazine groups is 2. The van der Waals surface area contributed by atoms with Gasteiger partial charge in [-0.05, 0) is 18.3 Å². The van der Waals surface area contributed by atoms with Crippen LogP contribution in [0.25, 0.3) is 0 Å². The second-order valence-corrected chi connectivity index (χ2v) is 4.87. The van der Waals surface area contributed by atoms with Gasteiger partial charge >= 0.3 is 0 Å². The summed E-state index contributed by atoms with van der Waals surface area (Å²) >= 11 is 0. The molecule has 1 N–H and O–H groups in total. The van der Waals surface area contributed by atoms with Gasteiger partial charge in [-0.2, -0.15) is 0 Å². The lowest BCUT2D eigenvalue weighted by Crippen LogP contribution is -2.46. The number of nitrogens with one attached hydrogen (secondary N) is 1. The summed E-state index contributed by atoms with van der Waals surface area (Å²) in [6.45, 7) is 8.31. The van der Waals surface area contributed by atoms with Gasteiger partial charge in [0.05, 0.1) is 6.61 Å². The molecule has 84 valence electrons. The van der Waals surface area contributed by atoms with Crippen molar-refractivity contribution in [3.05, 3.63) is 5.21 Å². The summed E-state index contributed by atoms with van der Waals surface area (Å²) in [7, 11) is 0. The van der Waals surface area contributed by atoms with Crippen molar-refractivity contribution in [2.75, 3.05) is 19.7 Å². The predicted molar refractivity (Wildman–Crippen MR) is 54.6 cm³/mol. The van der Waals surface area contributed by atoms with Gasteiger partial charge in [-0.3, -0.25) is 4.84 Å². The Balaban J connectivity index is 2.11. The molecule has 1 aliphatic heterocycles. The summed E-state index contributed by atoms with van der Waals surface area (Å²) in [4.78, 5) is 5.09. The minimum absolute atomic E-state index is 0.0683. The lowest BCUT2D eigenvalue weighted by atomic mass is 9.99. The maximum Gasteiger partial charge on any atom is 0.0747 e. The molecule has 0 atom stereocenters. The average Bonchev–Trinajstić information content (AvgIpc) is 2.53. The molecule has 5 heteroatoms. The van der Waals surface area contributed by atoms with Gasteiger partial charge in [-0.1, -0.05) is 20.8 Å². The van der Waals surface area contributed by atoms with Crippen LogP contribution >= 0.6 is 0 Å². The Morgan fingerprint density at radius 3 is 2.43 bits per heavy atom. The van der Waals surface area contributed by atoms with Gasteiger partial charge in [0.25, 0.3) is 0 Å². The van der Waals surface area contributed by atoms with Crippen molar-refractivity contribution in [3.63, 3.8) is 0 Å². The van der Waals surface area contributed by atoms with Gasteiger partial charge in [0.15, 0.2) is 0 Å². The van der Waals surface area contributed by atoms with Gasteiger partial charge in [-0.15, -0.1) is 5.59 Å². The van der Waals surface area contributed by atoms with Crippen LogP contribution in [0.5, 0.6) is 0 Å². The normalized spacial score (nSPS) is 19.5. The zero-order chi connectivity index (χ0) is 10.6. The van der Waals surface area contributed by atoms with Crippen molar-refractivity contribution in [3.8, 4) is 0 Å². The molecule has 1 saturated heterocycles. The van der Waals surface area contributed by atoms with Gasteiger partial charge in [0.2, 0.25) is 0 Å². The second-order valence-electron chi connectivity index (χ2n) is 4.87. The molecule has 5 nitrogen and oxygen atoms in total. The molecule has 0 bridgehead atoms. The van der Waals surface area contributed by atoms with E-state index in [2.05, 4.69) is 26.4 Å². The monoisotopic (exact) mass is 202 g/mol. The maximum atomic E-state index is 11.3. The number of rotatable bonds is 4. The summed E-state index contributed by atoms with van der Waals surface area (Å²) in [5, 5.41) is 13.7. The van der Waals surface area contributed by atoms with Crippen molar-refractivity contribution in [1.29, 1.82) is 0 Å². The summed E-state index contributed by atoms with van der Waals surface area (Å²) < 4.78 is 0. The van der Waals surface area contributed by atoms with E-state index in [9.17, 15) is 5.21 Å². The lowest BCUT2D eigenvalue weighted by molar-refractivity contribution is -0.163. The van der Waals surface area contributed by atoms with E-state index in [1.165, 1.54) is 0 Å². The average molecular weight is 202 g/mol. The van der Waals surface area contributed by atoms with Gasteiger partial charge < -0.3 is 5.21 Å². The second kappa shape index (κ2) is 5.04. The van der Waals surface area contributed by atoms with Crippen molar-refractivity contribution in [2.24, 2.45) is 5.41 Å². The zero-order valence-electron chi connectivity index (χ0n) is 9.25. The standard InChI is InChI=1S/C9H20N3O2/c1-9(2,3)8-14-10-12(13)11-6-4-5-7-11/h10H,4-8H2,1-3H3/q-1. The molecule has 0 aromatic heterocycles. The van der Waals surface area contributed by atoms with Crippen LogP contribution in [0.4, 0.5) is 0 Å². The van der Waals surface area contributed by atoms with E-state index in [0.717, 1.165) is 25.9 Å². The SMILES string of the molecule is CC(C)(C)CONN([O-])N1CCCC1. The predicted octanol–water partition coefficient (Wildman–Crippen LogP) is 1.28. The van der Waals surface area contributed by atoms with Crippen molar-refractivity contribution < 1.29 is 4.84 Å². The molecular formula is C9H20N3O2-. The van der Waals surface area contributed by atoms with Crippen molar-refractivity contribution in [2.45, 2.75) is 33.6 Å². The third-order valence-corrected chi connectivity index (χ3v) is 1.99. The highest BCUT2D eigenvalue weighted by atomic mass is 16.8. The Morgan fingerprint density at radius 1 is 1.36 bits per heavy atom. The fraction of sp³-hybridized carbons (Fsp3) is 1.00. The highest BCUT2D eigenvalue weighted by molar-refractivity contribution is 4.62. The van der Waals surface area contributed by atoms with E-state index in [-0.39, 0.29) is 5.41 Å². The zero-order valence-corrected chi connectivity index (χ0v) is 9.25. The molecule has 0 aromatic rings. The molecule has 0 radical (unpaired) electrons. The van der Waals surface area contributed by atoms with Crippen molar-refractivity contribution in [1.82, 2.24) is 15.9 Å². The van der Waals surface area contributed by atoms with Gasteiger partial charge in [0.1, 0.15) is 0 Å². The van der Waals surface area contributed by atoms with Crippen LogP contribution in [0.3, 0.4) is 0 Å². The third kappa shape index (κ3) is 4.34. The molecule has 0 saturated carbocycles.